The first-order chi connectivity index (χ1) is 32.5. The van der Waals surface area contributed by atoms with Crippen LogP contribution in [0.3, 0.4) is 0 Å². The third-order valence-electron chi connectivity index (χ3n) is 9.31. The minimum Gasteiger partial charge on any atom is -0.386 e. The van der Waals surface area contributed by atoms with Crippen molar-refractivity contribution in [2.24, 2.45) is 16.6 Å². The molecule has 390 valence electrons. The van der Waals surface area contributed by atoms with Crippen LogP contribution in [-0.4, -0.2) is 206 Å². The molecule has 0 aromatic carbocycles. The molecule has 0 aliphatic carbocycles. The van der Waals surface area contributed by atoms with Crippen molar-refractivity contribution >= 4 is 41.2 Å². The number of nitrogens with zero attached hydrogens (tertiary/aromatic N) is 1. The van der Waals surface area contributed by atoms with Crippen molar-refractivity contribution in [3.05, 3.63) is 0 Å². The number of oxime groups is 1. The molecule has 67 heavy (non-hydrogen) atoms. The fraction of sp³-hybridized carbons (Fsp3) is 0.837. The van der Waals surface area contributed by atoms with E-state index in [9.17, 15) is 28.8 Å². The van der Waals surface area contributed by atoms with Gasteiger partial charge >= 0.3 is 0 Å². The lowest BCUT2D eigenvalue weighted by Gasteiger charge is -2.11. The number of primary amides is 2. The second kappa shape index (κ2) is 47.0. The summed E-state index contributed by atoms with van der Waals surface area (Å²) in [6, 6.07) is -0.697. The Kier molecular flexibility index (Phi) is 44.1. The van der Waals surface area contributed by atoms with Gasteiger partial charge in [0.25, 0.3) is 5.91 Å². The van der Waals surface area contributed by atoms with E-state index in [0.29, 0.717) is 157 Å². The van der Waals surface area contributed by atoms with E-state index >= 15 is 0 Å². The van der Waals surface area contributed by atoms with Gasteiger partial charge in [0.1, 0.15) is 0 Å². The predicted molar refractivity (Wildman–Crippen MR) is 248 cm³/mol. The minimum atomic E-state index is -0.379. The van der Waals surface area contributed by atoms with Crippen LogP contribution in [0.5, 0.6) is 0 Å². The van der Waals surface area contributed by atoms with Crippen LogP contribution in [0.1, 0.15) is 71.1 Å². The van der Waals surface area contributed by atoms with Gasteiger partial charge in [0.05, 0.1) is 124 Å². The van der Waals surface area contributed by atoms with Crippen LogP contribution in [0.15, 0.2) is 5.16 Å². The molecule has 0 aromatic rings. The highest BCUT2D eigenvalue weighted by molar-refractivity contribution is 5.86. The zero-order valence-corrected chi connectivity index (χ0v) is 40.3. The maximum absolute atomic E-state index is 12.1. The predicted octanol–water partition coefficient (Wildman–Crippen LogP) is -1.98. The molecule has 2 atom stereocenters. The van der Waals surface area contributed by atoms with Gasteiger partial charge < -0.3 is 86.1 Å². The third-order valence-corrected chi connectivity index (χ3v) is 9.31. The average molecular weight is 966 g/mol. The lowest BCUT2D eigenvalue weighted by Crippen LogP contribution is -2.39. The molecule has 0 aliphatic rings. The second-order valence-corrected chi connectivity index (χ2v) is 14.9. The lowest BCUT2D eigenvalue weighted by atomic mass is 10.1. The van der Waals surface area contributed by atoms with Crippen LogP contribution in [0, 0.1) is 0 Å². The molecule has 24 heteroatoms. The molecule has 0 fully saturated rings. The number of nitrogens with two attached hydrogens (primary N) is 2. The number of ether oxygens (including phenoxy) is 8. The molecule has 24 nitrogen and oxygen atoms in total. The number of hydrogen-bond donors (Lipinski definition) is 8. The van der Waals surface area contributed by atoms with Crippen molar-refractivity contribution in [1.82, 2.24) is 31.9 Å². The van der Waals surface area contributed by atoms with Crippen molar-refractivity contribution < 1.29 is 71.5 Å². The quantitative estimate of drug-likeness (QED) is 0.0186. The van der Waals surface area contributed by atoms with E-state index < -0.39 is 0 Å². The summed E-state index contributed by atoms with van der Waals surface area (Å²) in [5.41, 5.74) is 11.1. The Labute approximate surface area is 396 Å². The molecular formula is C43H83N9O15. The normalized spacial score (nSPS) is 12.3. The molecule has 0 spiro atoms. The molecule has 10 N–H and O–H groups in total. The van der Waals surface area contributed by atoms with Crippen LogP contribution in [-0.2, 0) is 71.5 Å². The van der Waals surface area contributed by atoms with Crippen LogP contribution < -0.4 is 43.4 Å². The average Bonchev–Trinajstić information content (AvgIpc) is 3.30. The van der Waals surface area contributed by atoms with Gasteiger partial charge in [0.2, 0.25) is 29.5 Å². The summed E-state index contributed by atoms with van der Waals surface area (Å²) < 4.78 is 43.6. The number of hydrogen-bond acceptors (Lipinski definition) is 18. The summed E-state index contributed by atoms with van der Waals surface area (Å²) in [4.78, 5) is 75.3. The highest BCUT2D eigenvalue weighted by Gasteiger charge is 2.13. The Morgan fingerprint density at radius 3 is 1.12 bits per heavy atom. The Bertz CT molecular complexity index is 1320. The number of carbonyl (C=O) groups excluding carboxylic acids is 6. The molecular weight excluding hydrogens is 883 g/mol. The van der Waals surface area contributed by atoms with Gasteiger partial charge in [-0.3, -0.25) is 28.8 Å². The van der Waals surface area contributed by atoms with Gasteiger partial charge in [0, 0.05) is 45.4 Å². The number of rotatable bonds is 50. The summed E-state index contributed by atoms with van der Waals surface area (Å²) in [6.07, 6.45) is 5.44. The molecule has 0 aliphatic heterocycles. The highest BCUT2D eigenvalue weighted by Crippen LogP contribution is 2.01. The highest BCUT2D eigenvalue weighted by atomic mass is 16.6. The fourth-order valence-electron chi connectivity index (χ4n) is 5.50. The number of likely N-dealkylation sites (N-methyl/N-ethyl adjacent to an activating group) is 2. The summed E-state index contributed by atoms with van der Waals surface area (Å²) in [7, 11) is 3.38. The van der Waals surface area contributed by atoms with Crippen LogP contribution in [0.25, 0.3) is 0 Å². The standard InChI is InChI=1S/C43H83N9O15/c1-35(10-11-38(53)50-16-20-61-24-28-65-32-30-63-26-22-59-18-12-39(54)48-14-6-4-8-36(46-2)42(44)57)52-67-34-41(56)51-17-21-62-25-29-66-33-31-64-27-23-60-19-13-40(55)49-15-7-5-9-37(47-3)43(45)58/h36-37,46-47H,4-34H2,1-3H3,(H2,44,57)(H2,45,58)(H,48,54)(H,49,55)(H,50,53)(H,51,56)/b52-35-/t36-,37-/m0/s1. The van der Waals surface area contributed by atoms with Crippen molar-refractivity contribution in [3.63, 3.8) is 0 Å². The first kappa shape index (κ1) is 62.9. The Balaban J connectivity index is 3.48. The van der Waals surface area contributed by atoms with Crippen molar-refractivity contribution in [1.29, 1.82) is 0 Å². The van der Waals surface area contributed by atoms with Crippen LogP contribution >= 0.6 is 0 Å². The summed E-state index contributed by atoms with van der Waals surface area (Å²) >= 11 is 0. The maximum atomic E-state index is 12.1. The van der Waals surface area contributed by atoms with Gasteiger partial charge in [-0.2, -0.15) is 0 Å². The lowest BCUT2D eigenvalue weighted by molar-refractivity contribution is -0.126. The Morgan fingerprint density at radius 2 is 0.746 bits per heavy atom. The third kappa shape index (κ3) is 44.2. The summed E-state index contributed by atoms with van der Waals surface area (Å²) in [5.74, 6) is -1.45. The van der Waals surface area contributed by atoms with E-state index in [1.54, 1.807) is 21.0 Å². The number of nitrogens with one attached hydrogen (secondary N) is 6. The monoisotopic (exact) mass is 966 g/mol. The minimum absolute atomic E-state index is 0.0890. The molecule has 0 bridgehead atoms. The van der Waals surface area contributed by atoms with Gasteiger partial charge in [0.15, 0.2) is 6.61 Å². The van der Waals surface area contributed by atoms with Gasteiger partial charge in [-0.15, -0.1) is 0 Å². The topological polar surface area (TPSA) is 322 Å². The smallest absolute Gasteiger partial charge is 0.260 e. The van der Waals surface area contributed by atoms with Gasteiger partial charge in [-0.05, 0) is 66.0 Å². The molecule has 0 unspecified atom stereocenters. The van der Waals surface area contributed by atoms with E-state index in [1.807, 2.05) is 0 Å². The Hall–Kier alpha value is -4.11. The largest absolute Gasteiger partial charge is 0.386 e. The van der Waals surface area contributed by atoms with Gasteiger partial charge in [-0.25, -0.2) is 0 Å². The zero-order chi connectivity index (χ0) is 49.4. The summed E-state index contributed by atoms with van der Waals surface area (Å²) in [5, 5.41) is 20.7. The molecule has 0 saturated carbocycles. The maximum Gasteiger partial charge on any atom is 0.260 e. The Morgan fingerprint density at radius 1 is 0.418 bits per heavy atom. The number of unbranched alkanes of at least 4 members (excludes halogenated alkanes) is 2. The van der Waals surface area contributed by atoms with E-state index in [2.05, 4.69) is 37.1 Å². The fourth-order valence-corrected chi connectivity index (χ4v) is 5.50. The van der Waals surface area contributed by atoms with E-state index in [-0.39, 0.29) is 73.4 Å². The van der Waals surface area contributed by atoms with Gasteiger partial charge in [-0.1, -0.05) is 5.16 Å². The number of amides is 6. The van der Waals surface area contributed by atoms with Crippen molar-refractivity contribution in [2.45, 2.75) is 83.2 Å². The molecule has 0 heterocycles. The summed E-state index contributed by atoms with van der Waals surface area (Å²) in [6.45, 7) is 8.96. The molecule has 0 radical (unpaired) electrons. The van der Waals surface area contributed by atoms with E-state index in [0.717, 1.165) is 25.7 Å². The zero-order valence-electron chi connectivity index (χ0n) is 40.3. The van der Waals surface area contributed by atoms with Crippen LogP contribution in [0.2, 0.25) is 0 Å². The SMILES string of the molecule is CN[C@@H](CCCCNC(=O)CCOCCOCCOCCOCCNC(=O)CC/C(C)=N\OCC(=O)NCCOCCOCCOCCOCCC(=O)NCCCC[C@H](NC)C(N)=O)C(N)=O. The van der Waals surface area contributed by atoms with E-state index in [4.69, 9.17) is 54.2 Å². The molecule has 0 rings (SSSR count). The number of carbonyl (C=O) groups is 6. The first-order valence-corrected chi connectivity index (χ1v) is 23.3. The molecule has 0 saturated heterocycles. The second-order valence-electron chi connectivity index (χ2n) is 14.9. The molecule has 0 aromatic heterocycles. The van der Waals surface area contributed by atoms with Crippen molar-refractivity contribution in [2.75, 3.05) is 153 Å². The first-order valence-electron chi connectivity index (χ1n) is 23.3. The van der Waals surface area contributed by atoms with Crippen LogP contribution in [0.4, 0.5) is 0 Å². The molecule has 6 amide bonds. The van der Waals surface area contributed by atoms with Crippen molar-refractivity contribution in [3.8, 4) is 0 Å². The van der Waals surface area contributed by atoms with E-state index in [1.165, 1.54) is 0 Å².